The SMILES string of the molecule is CC[C@@H](C/C(=C/CC1C(C)CC[C@]2(C)C(c3cccnc3)=CCC12)C(C)C)OC(C)=O. The van der Waals surface area contributed by atoms with Crippen molar-refractivity contribution in [2.24, 2.45) is 29.1 Å². The van der Waals surface area contributed by atoms with Gasteiger partial charge in [0.15, 0.2) is 0 Å². The lowest BCUT2D eigenvalue weighted by atomic mass is 9.57. The number of carbonyl (C=O) groups excluding carboxylic acids is 1. The Hall–Kier alpha value is -1.90. The lowest BCUT2D eigenvalue weighted by molar-refractivity contribution is -0.146. The van der Waals surface area contributed by atoms with Gasteiger partial charge in [0.1, 0.15) is 6.10 Å². The lowest BCUT2D eigenvalue weighted by Crippen LogP contribution is -2.38. The molecule has 0 aliphatic heterocycles. The minimum absolute atomic E-state index is 0.00877. The molecule has 3 heteroatoms. The van der Waals surface area contributed by atoms with Crippen LogP contribution < -0.4 is 0 Å². The highest BCUT2D eigenvalue weighted by atomic mass is 16.5. The number of fused-ring (bicyclic) bond motifs is 1. The molecular formula is C28H41NO2. The summed E-state index contributed by atoms with van der Waals surface area (Å²) in [5, 5.41) is 0. The first-order chi connectivity index (χ1) is 14.8. The Kier molecular flexibility index (Phi) is 7.78. The summed E-state index contributed by atoms with van der Waals surface area (Å²) in [5.74, 6) is 2.41. The number of rotatable bonds is 8. The molecule has 0 aromatic carbocycles. The van der Waals surface area contributed by atoms with E-state index in [-0.39, 0.29) is 17.5 Å². The molecule has 3 rings (SSSR count). The van der Waals surface area contributed by atoms with Crippen molar-refractivity contribution in [2.75, 3.05) is 0 Å². The molecule has 2 aliphatic carbocycles. The van der Waals surface area contributed by atoms with Crippen molar-refractivity contribution in [3.05, 3.63) is 47.8 Å². The molecule has 0 bridgehead atoms. The summed E-state index contributed by atoms with van der Waals surface area (Å²) in [4.78, 5) is 15.8. The number of nitrogens with zero attached hydrogens (tertiary/aromatic N) is 1. The number of ether oxygens (including phenoxy) is 1. The van der Waals surface area contributed by atoms with Crippen LogP contribution in [0, 0.1) is 29.1 Å². The van der Waals surface area contributed by atoms with Crippen LogP contribution in [0.1, 0.15) is 85.6 Å². The van der Waals surface area contributed by atoms with Gasteiger partial charge >= 0.3 is 5.97 Å². The average molecular weight is 424 g/mol. The van der Waals surface area contributed by atoms with Gasteiger partial charge in [0.2, 0.25) is 0 Å². The van der Waals surface area contributed by atoms with Crippen LogP contribution in [0.3, 0.4) is 0 Å². The van der Waals surface area contributed by atoms with Crippen molar-refractivity contribution in [2.45, 2.75) is 86.2 Å². The average Bonchev–Trinajstić information content (AvgIpc) is 3.09. The highest BCUT2D eigenvalue weighted by molar-refractivity contribution is 5.72. The van der Waals surface area contributed by atoms with Crippen molar-refractivity contribution < 1.29 is 9.53 Å². The van der Waals surface area contributed by atoms with Crippen LogP contribution in [0.5, 0.6) is 0 Å². The fourth-order valence-electron chi connectivity index (χ4n) is 6.02. The summed E-state index contributed by atoms with van der Waals surface area (Å²) in [6, 6.07) is 4.27. The Labute approximate surface area is 189 Å². The Bertz CT molecular complexity index is 810. The zero-order valence-corrected chi connectivity index (χ0v) is 20.4. The second-order valence-corrected chi connectivity index (χ2v) is 10.3. The second-order valence-electron chi connectivity index (χ2n) is 10.3. The number of pyridine rings is 1. The van der Waals surface area contributed by atoms with Gasteiger partial charge in [-0.05, 0) is 78.4 Å². The molecule has 2 aliphatic rings. The monoisotopic (exact) mass is 423 g/mol. The maximum absolute atomic E-state index is 11.5. The van der Waals surface area contributed by atoms with Crippen LogP contribution >= 0.6 is 0 Å². The molecule has 5 atom stereocenters. The molecule has 3 unspecified atom stereocenters. The van der Waals surface area contributed by atoms with Gasteiger partial charge < -0.3 is 4.74 Å². The van der Waals surface area contributed by atoms with Crippen LogP contribution in [0.25, 0.3) is 5.57 Å². The molecule has 31 heavy (non-hydrogen) atoms. The van der Waals surface area contributed by atoms with E-state index < -0.39 is 0 Å². The maximum Gasteiger partial charge on any atom is 0.302 e. The van der Waals surface area contributed by atoms with Gasteiger partial charge in [-0.25, -0.2) is 0 Å². The van der Waals surface area contributed by atoms with E-state index >= 15 is 0 Å². The Morgan fingerprint density at radius 1 is 1.39 bits per heavy atom. The molecule has 0 saturated heterocycles. The van der Waals surface area contributed by atoms with E-state index in [4.69, 9.17) is 4.74 Å². The number of allylic oxidation sites excluding steroid dienone is 3. The van der Waals surface area contributed by atoms with Crippen LogP contribution in [-0.4, -0.2) is 17.1 Å². The molecule has 0 spiro atoms. The Morgan fingerprint density at radius 3 is 2.77 bits per heavy atom. The zero-order valence-electron chi connectivity index (χ0n) is 20.4. The van der Waals surface area contributed by atoms with Gasteiger partial charge in [0.25, 0.3) is 0 Å². The summed E-state index contributed by atoms with van der Waals surface area (Å²) in [5.41, 5.74) is 4.49. The Balaban J connectivity index is 1.78. The van der Waals surface area contributed by atoms with E-state index in [1.54, 1.807) is 0 Å². The summed E-state index contributed by atoms with van der Waals surface area (Å²) in [6.07, 6.45) is 15.4. The molecule has 0 N–H and O–H groups in total. The van der Waals surface area contributed by atoms with Crippen LogP contribution in [-0.2, 0) is 9.53 Å². The standard InChI is InChI=1S/C28H41NO2/c1-7-24(31-21(5)30)17-22(19(2)3)10-11-25-20(4)14-15-28(6)26(12-13-27(25)28)23-9-8-16-29-18-23/h8-10,12,16,18-20,24-25,27H,7,11,13-15,17H2,1-6H3/b22-10-/t20?,24-,25?,27?,28+/m0/s1. The lowest BCUT2D eigenvalue weighted by Gasteiger charge is -2.47. The van der Waals surface area contributed by atoms with E-state index in [0.717, 1.165) is 25.2 Å². The summed E-state index contributed by atoms with van der Waals surface area (Å²) in [7, 11) is 0. The summed E-state index contributed by atoms with van der Waals surface area (Å²) >= 11 is 0. The predicted molar refractivity (Wildman–Crippen MR) is 128 cm³/mol. The topological polar surface area (TPSA) is 39.2 Å². The zero-order chi connectivity index (χ0) is 22.6. The fraction of sp³-hybridized carbons (Fsp3) is 0.643. The molecule has 1 fully saturated rings. The molecule has 170 valence electrons. The van der Waals surface area contributed by atoms with Crippen LogP contribution in [0.2, 0.25) is 0 Å². The molecule has 3 nitrogen and oxygen atoms in total. The first-order valence-electron chi connectivity index (χ1n) is 12.2. The third kappa shape index (κ3) is 5.30. The van der Waals surface area contributed by atoms with E-state index in [1.165, 1.54) is 42.9 Å². The van der Waals surface area contributed by atoms with Crippen molar-refractivity contribution in [3.63, 3.8) is 0 Å². The normalized spacial score (nSPS) is 29.5. The molecule has 1 aromatic heterocycles. The van der Waals surface area contributed by atoms with Crippen LogP contribution in [0.15, 0.2) is 42.3 Å². The van der Waals surface area contributed by atoms with Gasteiger partial charge in [0.05, 0.1) is 0 Å². The van der Waals surface area contributed by atoms with Crippen LogP contribution in [0.4, 0.5) is 0 Å². The third-order valence-corrected chi connectivity index (χ3v) is 7.99. The highest BCUT2D eigenvalue weighted by Gasteiger charge is 2.49. The van der Waals surface area contributed by atoms with Gasteiger partial charge in [0, 0.05) is 25.7 Å². The molecular weight excluding hydrogens is 382 g/mol. The number of carbonyl (C=O) groups is 1. The minimum Gasteiger partial charge on any atom is -0.462 e. The van der Waals surface area contributed by atoms with Gasteiger partial charge in [-0.2, -0.15) is 0 Å². The van der Waals surface area contributed by atoms with E-state index in [2.05, 4.69) is 63.9 Å². The third-order valence-electron chi connectivity index (χ3n) is 7.99. The summed E-state index contributed by atoms with van der Waals surface area (Å²) in [6.45, 7) is 13.1. The van der Waals surface area contributed by atoms with E-state index in [9.17, 15) is 4.79 Å². The highest BCUT2D eigenvalue weighted by Crippen LogP contribution is 2.59. The largest absolute Gasteiger partial charge is 0.462 e. The number of hydrogen-bond donors (Lipinski definition) is 0. The molecule has 1 aromatic rings. The van der Waals surface area contributed by atoms with Gasteiger partial charge in [-0.15, -0.1) is 0 Å². The number of hydrogen-bond acceptors (Lipinski definition) is 3. The van der Waals surface area contributed by atoms with E-state index in [1.807, 2.05) is 12.4 Å². The number of aromatic nitrogens is 1. The fourth-order valence-corrected chi connectivity index (χ4v) is 6.02. The molecule has 0 amide bonds. The molecule has 1 saturated carbocycles. The molecule has 1 heterocycles. The second kappa shape index (κ2) is 10.1. The predicted octanol–water partition coefficient (Wildman–Crippen LogP) is 7.24. The van der Waals surface area contributed by atoms with E-state index in [0.29, 0.717) is 17.8 Å². The summed E-state index contributed by atoms with van der Waals surface area (Å²) < 4.78 is 5.55. The minimum atomic E-state index is -0.174. The van der Waals surface area contributed by atoms with Crippen molar-refractivity contribution in [1.82, 2.24) is 4.98 Å². The number of esters is 1. The van der Waals surface area contributed by atoms with Gasteiger partial charge in [-0.1, -0.05) is 58.4 Å². The first kappa shape index (κ1) is 23.8. The van der Waals surface area contributed by atoms with Gasteiger partial charge in [-0.3, -0.25) is 9.78 Å². The molecule has 0 radical (unpaired) electrons. The Morgan fingerprint density at radius 2 is 2.16 bits per heavy atom. The smallest absolute Gasteiger partial charge is 0.302 e. The van der Waals surface area contributed by atoms with Crippen molar-refractivity contribution in [3.8, 4) is 0 Å². The maximum atomic E-state index is 11.5. The first-order valence-corrected chi connectivity index (χ1v) is 12.2. The quantitative estimate of drug-likeness (QED) is 0.327. The van der Waals surface area contributed by atoms with Crippen molar-refractivity contribution >= 4 is 11.5 Å². The van der Waals surface area contributed by atoms with Crippen molar-refractivity contribution in [1.29, 1.82) is 0 Å².